The molecule has 6 nitrogen and oxygen atoms in total. The Morgan fingerprint density at radius 2 is 1.92 bits per heavy atom. The highest BCUT2D eigenvalue weighted by molar-refractivity contribution is 7.58. The van der Waals surface area contributed by atoms with Gasteiger partial charge in [0, 0.05) is 0 Å². The maximum atomic E-state index is 12.7. The maximum absolute atomic E-state index is 12.7. The third-order valence-electron chi connectivity index (χ3n) is 3.73. The van der Waals surface area contributed by atoms with Crippen LogP contribution in [-0.2, 0) is 24.8 Å². The molecule has 1 aromatic carbocycles. The van der Waals surface area contributed by atoms with E-state index in [2.05, 4.69) is 6.58 Å². The molecule has 1 amide bonds. The van der Waals surface area contributed by atoms with Crippen LogP contribution >= 0.6 is 7.60 Å². The molecule has 0 unspecified atom stereocenters. The SMILES string of the molecule is C=C(CN1C(=O)OC[C@@H]1Cc1ccccc1)P(=O)(OCC)OCC. The summed E-state index contributed by atoms with van der Waals surface area (Å²) in [6, 6.07) is 9.72. The first-order chi connectivity index (χ1) is 11.5. The first-order valence-electron chi connectivity index (χ1n) is 8.05. The molecule has 2 rings (SSSR count). The molecule has 1 saturated heterocycles. The lowest BCUT2D eigenvalue weighted by molar-refractivity contribution is 0.159. The van der Waals surface area contributed by atoms with Gasteiger partial charge in [0.2, 0.25) is 0 Å². The van der Waals surface area contributed by atoms with Crippen LogP contribution in [-0.4, -0.2) is 43.4 Å². The predicted molar refractivity (Wildman–Crippen MR) is 92.0 cm³/mol. The summed E-state index contributed by atoms with van der Waals surface area (Å²) in [6.45, 7) is 8.20. The minimum Gasteiger partial charge on any atom is -0.447 e. The third-order valence-corrected chi connectivity index (χ3v) is 5.84. The smallest absolute Gasteiger partial charge is 0.410 e. The average molecular weight is 353 g/mol. The van der Waals surface area contributed by atoms with Crippen molar-refractivity contribution in [1.29, 1.82) is 0 Å². The number of rotatable bonds is 9. The molecule has 1 aliphatic heterocycles. The number of cyclic esters (lactones) is 1. The van der Waals surface area contributed by atoms with E-state index in [1.165, 1.54) is 0 Å². The molecule has 132 valence electrons. The number of hydrogen-bond acceptors (Lipinski definition) is 5. The quantitative estimate of drug-likeness (QED) is 0.631. The number of carbonyl (C=O) groups is 1. The zero-order chi connectivity index (χ0) is 17.6. The van der Waals surface area contributed by atoms with Gasteiger partial charge in [0.25, 0.3) is 0 Å². The van der Waals surface area contributed by atoms with Gasteiger partial charge in [0.05, 0.1) is 31.1 Å². The van der Waals surface area contributed by atoms with Crippen LogP contribution in [0.15, 0.2) is 42.2 Å². The van der Waals surface area contributed by atoms with Crippen LogP contribution in [0, 0.1) is 0 Å². The van der Waals surface area contributed by atoms with E-state index in [1.807, 2.05) is 30.3 Å². The van der Waals surface area contributed by atoms with Crippen molar-refractivity contribution in [2.75, 3.05) is 26.4 Å². The summed E-state index contributed by atoms with van der Waals surface area (Å²) in [4.78, 5) is 13.6. The maximum Gasteiger partial charge on any atom is 0.410 e. The average Bonchev–Trinajstić information content (AvgIpc) is 2.89. The highest BCUT2D eigenvalue weighted by Gasteiger charge is 2.37. The molecule has 1 aromatic rings. The van der Waals surface area contributed by atoms with E-state index in [0.29, 0.717) is 13.0 Å². The summed E-state index contributed by atoms with van der Waals surface area (Å²) >= 11 is 0. The Balaban J connectivity index is 2.08. The number of nitrogens with zero attached hydrogens (tertiary/aromatic N) is 1. The van der Waals surface area contributed by atoms with Gasteiger partial charge in [-0.2, -0.15) is 0 Å². The van der Waals surface area contributed by atoms with E-state index in [-0.39, 0.29) is 31.1 Å². The highest BCUT2D eigenvalue weighted by atomic mass is 31.2. The second-order valence-corrected chi connectivity index (χ2v) is 7.59. The van der Waals surface area contributed by atoms with Crippen LogP contribution in [0.3, 0.4) is 0 Å². The predicted octanol–water partition coefficient (Wildman–Crippen LogP) is 3.83. The molecule has 0 bridgehead atoms. The summed E-state index contributed by atoms with van der Waals surface area (Å²) in [5.41, 5.74) is 1.11. The lowest BCUT2D eigenvalue weighted by atomic mass is 10.1. The van der Waals surface area contributed by atoms with Gasteiger partial charge in [-0.05, 0) is 25.8 Å². The number of amides is 1. The molecule has 0 N–H and O–H groups in total. The standard InChI is InChI=1S/C17H24NO5P/c1-4-22-24(20,23-5-2)14(3)12-18-16(13-21-17(18)19)11-15-9-7-6-8-10-15/h6-10,16H,3-5,11-13H2,1-2H3/t16-/m0/s1. The molecule has 0 saturated carbocycles. The topological polar surface area (TPSA) is 65.1 Å². The van der Waals surface area contributed by atoms with E-state index in [9.17, 15) is 9.36 Å². The van der Waals surface area contributed by atoms with E-state index >= 15 is 0 Å². The van der Waals surface area contributed by atoms with Crippen molar-refractivity contribution >= 4 is 13.7 Å². The van der Waals surface area contributed by atoms with Gasteiger partial charge in [0.15, 0.2) is 0 Å². The van der Waals surface area contributed by atoms with Crippen LogP contribution in [0.25, 0.3) is 0 Å². The normalized spacial score (nSPS) is 17.8. The van der Waals surface area contributed by atoms with E-state index < -0.39 is 13.7 Å². The number of benzene rings is 1. The van der Waals surface area contributed by atoms with Crippen molar-refractivity contribution in [1.82, 2.24) is 4.90 Å². The Labute approximate surface area is 142 Å². The summed E-state index contributed by atoms with van der Waals surface area (Å²) < 4.78 is 28.5. The van der Waals surface area contributed by atoms with Crippen LogP contribution < -0.4 is 0 Å². The Hall–Kier alpha value is -1.62. The fourth-order valence-electron chi connectivity index (χ4n) is 2.58. The van der Waals surface area contributed by atoms with E-state index in [4.69, 9.17) is 13.8 Å². The first-order valence-corrected chi connectivity index (χ1v) is 9.59. The van der Waals surface area contributed by atoms with Crippen LogP contribution in [0.5, 0.6) is 0 Å². The lowest BCUT2D eigenvalue weighted by Crippen LogP contribution is -2.36. The molecule has 0 radical (unpaired) electrons. The monoisotopic (exact) mass is 353 g/mol. The Morgan fingerprint density at radius 1 is 1.29 bits per heavy atom. The van der Waals surface area contributed by atoms with Gasteiger partial charge in [-0.3, -0.25) is 9.46 Å². The largest absolute Gasteiger partial charge is 0.447 e. The molecule has 0 aliphatic carbocycles. The second-order valence-electron chi connectivity index (χ2n) is 5.45. The van der Waals surface area contributed by atoms with Gasteiger partial charge in [-0.1, -0.05) is 36.9 Å². The van der Waals surface area contributed by atoms with E-state index in [1.54, 1.807) is 18.7 Å². The Kier molecular flexibility index (Phi) is 6.60. The zero-order valence-electron chi connectivity index (χ0n) is 14.1. The molecule has 24 heavy (non-hydrogen) atoms. The molecule has 1 atom stereocenters. The molecular formula is C17H24NO5P. The number of ether oxygens (including phenoxy) is 1. The minimum absolute atomic E-state index is 0.0909. The Morgan fingerprint density at radius 3 is 2.50 bits per heavy atom. The van der Waals surface area contributed by atoms with Crippen LogP contribution in [0.2, 0.25) is 0 Å². The fraction of sp³-hybridized carbons (Fsp3) is 0.471. The van der Waals surface area contributed by atoms with Crippen LogP contribution in [0.4, 0.5) is 4.79 Å². The molecule has 0 aromatic heterocycles. The molecule has 1 fully saturated rings. The van der Waals surface area contributed by atoms with Gasteiger partial charge in [-0.15, -0.1) is 0 Å². The lowest BCUT2D eigenvalue weighted by Gasteiger charge is -2.25. The van der Waals surface area contributed by atoms with Gasteiger partial charge >= 0.3 is 13.7 Å². The number of hydrogen-bond donors (Lipinski definition) is 0. The summed E-state index contributed by atoms with van der Waals surface area (Å²) in [7, 11) is -3.44. The highest BCUT2D eigenvalue weighted by Crippen LogP contribution is 2.55. The molecule has 1 heterocycles. The molecular weight excluding hydrogens is 329 g/mol. The Bertz CT molecular complexity index is 609. The molecule has 7 heteroatoms. The second kappa shape index (κ2) is 8.47. The van der Waals surface area contributed by atoms with Crippen molar-refractivity contribution in [2.45, 2.75) is 26.3 Å². The van der Waals surface area contributed by atoms with Crippen molar-refractivity contribution in [2.24, 2.45) is 0 Å². The summed E-state index contributed by atoms with van der Waals surface area (Å²) in [5.74, 6) is 0. The molecule has 0 spiro atoms. The van der Waals surface area contributed by atoms with Gasteiger partial charge in [-0.25, -0.2) is 4.79 Å². The van der Waals surface area contributed by atoms with Crippen LogP contribution in [0.1, 0.15) is 19.4 Å². The number of carbonyl (C=O) groups excluding carboxylic acids is 1. The minimum atomic E-state index is -3.44. The fourth-order valence-corrected chi connectivity index (χ4v) is 4.03. The first kappa shape index (κ1) is 18.7. The van der Waals surface area contributed by atoms with E-state index in [0.717, 1.165) is 5.56 Å². The van der Waals surface area contributed by atoms with Crippen molar-refractivity contribution in [3.05, 3.63) is 47.8 Å². The summed E-state index contributed by atoms with van der Waals surface area (Å²) in [5, 5.41) is 0.267. The van der Waals surface area contributed by atoms with Crippen molar-refractivity contribution in [3.63, 3.8) is 0 Å². The molecule has 1 aliphatic rings. The van der Waals surface area contributed by atoms with Crippen molar-refractivity contribution in [3.8, 4) is 0 Å². The summed E-state index contributed by atoms with van der Waals surface area (Å²) in [6.07, 6.45) is 0.226. The van der Waals surface area contributed by atoms with Gasteiger partial charge in [0.1, 0.15) is 6.61 Å². The third kappa shape index (κ3) is 4.47. The van der Waals surface area contributed by atoms with Crippen molar-refractivity contribution < 1.29 is 23.1 Å². The zero-order valence-corrected chi connectivity index (χ0v) is 15.0. The van der Waals surface area contributed by atoms with Gasteiger partial charge < -0.3 is 13.8 Å².